The predicted octanol–water partition coefficient (Wildman–Crippen LogP) is 6.27. The number of carbonyl (C=O) groups is 2. The number of hydrogen-bond donors (Lipinski definition) is 4. The van der Waals surface area contributed by atoms with Crippen molar-refractivity contribution in [1.29, 1.82) is 0 Å². The number of aliphatic carboxylic acids is 2. The van der Waals surface area contributed by atoms with E-state index < -0.39 is 23.8 Å². The Balaban J connectivity index is 1.20. The summed E-state index contributed by atoms with van der Waals surface area (Å²) in [6.45, 7) is 2.49. The number of carboxylic acids is 2. The normalized spacial score (nSPS) is 18.8. The fourth-order valence-corrected chi connectivity index (χ4v) is 7.32. The van der Waals surface area contributed by atoms with Crippen molar-refractivity contribution < 1.29 is 39.1 Å². The van der Waals surface area contributed by atoms with Crippen LogP contribution in [0.3, 0.4) is 0 Å². The van der Waals surface area contributed by atoms with Crippen molar-refractivity contribution in [2.45, 2.75) is 94.5 Å². The Labute approximate surface area is 269 Å². The van der Waals surface area contributed by atoms with Crippen molar-refractivity contribution in [3.8, 4) is 28.4 Å². The fraction of sp³-hybridized carbons (Fsp3) is 0.459. The van der Waals surface area contributed by atoms with Gasteiger partial charge in [-0.15, -0.1) is 0 Å². The molecule has 0 radical (unpaired) electrons. The number of fused-ring (bicyclic) bond motifs is 1. The molecule has 2 saturated carbocycles. The van der Waals surface area contributed by atoms with Gasteiger partial charge in [0.15, 0.2) is 11.5 Å². The minimum absolute atomic E-state index is 0.0795. The quantitative estimate of drug-likeness (QED) is 0.162. The Kier molecular flexibility index (Phi) is 9.52. The highest BCUT2D eigenvalue weighted by atomic mass is 16.8. The van der Waals surface area contributed by atoms with Crippen LogP contribution >= 0.6 is 0 Å². The lowest BCUT2D eigenvalue weighted by molar-refractivity contribution is -0.194. The maximum absolute atomic E-state index is 12.1. The number of nitrogens with one attached hydrogen (secondary N) is 1. The Morgan fingerprint density at radius 1 is 0.870 bits per heavy atom. The van der Waals surface area contributed by atoms with Gasteiger partial charge < -0.3 is 34.8 Å². The summed E-state index contributed by atoms with van der Waals surface area (Å²) < 4.78 is 17.4. The molecule has 6 rings (SSSR count). The molecule has 2 atom stereocenters. The van der Waals surface area contributed by atoms with Gasteiger partial charge in [0.2, 0.25) is 0 Å². The Morgan fingerprint density at radius 3 is 2.15 bits per heavy atom. The molecule has 9 nitrogen and oxygen atoms in total. The molecule has 46 heavy (non-hydrogen) atoms. The van der Waals surface area contributed by atoms with Gasteiger partial charge in [0, 0.05) is 18.2 Å². The van der Waals surface area contributed by atoms with Crippen molar-refractivity contribution >= 4 is 11.9 Å². The van der Waals surface area contributed by atoms with Crippen molar-refractivity contribution in [2.24, 2.45) is 0 Å². The lowest BCUT2D eigenvalue weighted by Crippen LogP contribution is -2.54. The van der Waals surface area contributed by atoms with Gasteiger partial charge in [-0.3, -0.25) is 0 Å². The summed E-state index contributed by atoms with van der Waals surface area (Å²) in [5, 5.41) is 33.9. The molecule has 3 aliphatic rings. The smallest absolute Gasteiger partial charge is 0.453 e. The van der Waals surface area contributed by atoms with Crippen molar-refractivity contribution in [3.63, 3.8) is 0 Å². The molecule has 0 spiro atoms. The molecule has 0 amide bonds. The first kappa shape index (κ1) is 31.9. The van der Waals surface area contributed by atoms with Crippen LogP contribution in [-0.4, -0.2) is 58.3 Å². The SMILES string of the molecule is CC(Cc1ccc2c(c1-c1ccccc1C1CCCC1)OC(C(=O)O)(C(=O)O)O2)NCC(O)COc1ccccc1C1CCCC1. The van der Waals surface area contributed by atoms with E-state index in [1.165, 1.54) is 31.2 Å². The number of ether oxygens (including phenoxy) is 3. The summed E-state index contributed by atoms with van der Waals surface area (Å²) in [4.78, 5) is 24.2. The predicted molar refractivity (Wildman–Crippen MR) is 173 cm³/mol. The summed E-state index contributed by atoms with van der Waals surface area (Å²) in [5.41, 5.74) is 4.74. The topological polar surface area (TPSA) is 135 Å². The van der Waals surface area contributed by atoms with Crippen LogP contribution in [-0.2, 0) is 16.0 Å². The van der Waals surface area contributed by atoms with E-state index >= 15 is 0 Å². The molecule has 2 aliphatic carbocycles. The monoisotopic (exact) mass is 629 g/mol. The van der Waals surface area contributed by atoms with Crippen LogP contribution in [0, 0.1) is 0 Å². The van der Waals surface area contributed by atoms with Gasteiger partial charge in [0.25, 0.3) is 0 Å². The van der Waals surface area contributed by atoms with Crippen LogP contribution < -0.4 is 19.5 Å². The molecular formula is C37H43NO8. The van der Waals surface area contributed by atoms with Gasteiger partial charge >= 0.3 is 17.7 Å². The molecule has 3 aromatic rings. The maximum atomic E-state index is 12.1. The molecule has 3 aromatic carbocycles. The van der Waals surface area contributed by atoms with E-state index in [1.54, 1.807) is 6.07 Å². The molecule has 0 aromatic heterocycles. The first-order valence-electron chi connectivity index (χ1n) is 16.5. The van der Waals surface area contributed by atoms with E-state index in [1.807, 2.05) is 49.4 Å². The highest BCUT2D eigenvalue weighted by Gasteiger charge is 2.58. The van der Waals surface area contributed by atoms with Crippen LogP contribution in [0.5, 0.6) is 17.2 Å². The minimum atomic E-state index is -2.86. The standard InChI is InChI=1S/C37H43NO8/c1-23(38-21-27(39)22-44-31-17-9-8-15-29(31)25-12-4-5-13-25)20-26-18-19-32-34(46-37(45-32,35(40)41)36(42)43)33(26)30-16-7-6-14-28(30)24-10-2-3-11-24/h6-9,14-19,23-25,27,38-39H,2-5,10-13,20-22H2,1H3,(H,40,41)(H,42,43). The van der Waals surface area contributed by atoms with E-state index in [9.17, 15) is 24.9 Å². The first-order valence-corrected chi connectivity index (χ1v) is 16.5. The number of aliphatic hydroxyl groups excluding tert-OH is 1. The van der Waals surface area contributed by atoms with Gasteiger partial charge in [0.05, 0.1) is 0 Å². The molecular weight excluding hydrogens is 586 g/mol. The van der Waals surface area contributed by atoms with Crippen LogP contribution in [0.1, 0.15) is 86.8 Å². The fourth-order valence-electron chi connectivity index (χ4n) is 7.32. The van der Waals surface area contributed by atoms with Gasteiger partial charge in [0.1, 0.15) is 18.5 Å². The van der Waals surface area contributed by atoms with E-state index in [2.05, 4.69) is 17.4 Å². The second-order valence-electron chi connectivity index (χ2n) is 12.9. The zero-order valence-electron chi connectivity index (χ0n) is 26.2. The molecule has 4 N–H and O–H groups in total. The van der Waals surface area contributed by atoms with E-state index in [0.29, 0.717) is 30.4 Å². The molecule has 9 heteroatoms. The molecule has 0 bridgehead atoms. The zero-order valence-corrected chi connectivity index (χ0v) is 26.2. The van der Waals surface area contributed by atoms with Crippen LogP contribution in [0.15, 0.2) is 60.7 Å². The summed E-state index contributed by atoms with van der Waals surface area (Å²) in [6, 6.07) is 19.4. The molecule has 244 valence electrons. The summed E-state index contributed by atoms with van der Waals surface area (Å²) in [6.07, 6.45) is 8.97. The number of aliphatic hydroxyl groups is 1. The number of para-hydroxylation sites is 1. The second kappa shape index (κ2) is 13.7. The third-order valence-corrected chi connectivity index (χ3v) is 9.67. The van der Waals surface area contributed by atoms with E-state index in [-0.39, 0.29) is 24.1 Å². The first-order chi connectivity index (χ1) is 22.3. The molecule has 0 saturated heterocycles. The van der Waals surface area contributed by atoms with Gasteiger partial charge in [-0.1, -0.05) is 74.2 Å². The molecule has 1 aliphatic heterocycles. The lowest BCUT2D eigenvalue weighted by atomic mass is 9.86. The number of carboxylic acid groups (broad SMARTS) is 2. The maximum Gasteiger partial charge on any atom is 0.453 e. The van der Waals surface area contributed by atoms with E-state index in [4.69, 9.17) is 14.2 Å². The van der Waals surface area contributed by atoms with Crippen LogP contribution in [0.25, 0.3) is 11.1 Å². The van der Waals surface area contributed by atoms with Gasteiger partial charge in [-0.2, -0.15) is 0 Å². The summed E-state index contributed by atoms with van der Waals surface area (Å²) in [5.74, 6) is -4.43. The largest absolute Gasteiger partial charge is 0.491 e. The van der Waals surface area contributed by atoms with Crippen molar-refractivity contribution in [1.82, 2.24) is 5.32 Å². The third kappa shape index (κ3) is 6.44. The zero-order chi connectivity index (χ0) is 32.3. The highest BCUT2D eigenvalue weighted by Crippen LogP contribution is 2.51. The lowest BCUT2D eigenvalue weighted by Gasteiger charge is -2.23. The van der Waals surface area contributed by atoms with Crippen LogP contribution in [0.4, 0.5) is 0 Å². The van der Waals surface area contributed by atoms with Crippen LogP contribution in [0.2, 0.25) is 0 Å². The highest BCUT2D eigenvalue weighted by molar-refractivity contribution is 6.02. The number of rotatable bonds is 13. The van der Waals surface area contributed by atoms with Gasteiger partial charge in [-0.05, 0) is 85.3 Å². The van der Waals surface area contributed by atoms with E-state index in [0.717, 1.165) is 48.1 Å². The van der Waals surface area contributed by atoms with Crippen molar-refractivity contribution in [3.05, 3.63) is 77.4 Å². The molecule has 1 heterocycles. The van der Waals surface area contributed by atoms with Gasteiger partial charge in [-0.25, -0.2) is 9.59 Å². The average Bonchev–Trinajstić information content (AvgIpc) is 3.85. The summed E-state index contributed by atoms with van der Waals surface area (Å²) in [7, 11) is 0. The second-order valence-corrected chi connectivity index (χ2v) is 12.9. The Bertz CT molecular complexity index is 1540. The van der Waals surface area contributed by atoms with Crippen molar-refractivity contribution in [2.75, 3.05) is 13.2 Å². The molecule has 2 unspecified atom stereocenters. The average molecular weight is 630 g/mol. The molecule has 2 fully saturated rings. The third-order valence-electron chi connectivity index (χ3n) is 9.67. The Hall–Kier alpha value is -4.08. The summed E-state index contributed by atoms with van der Waals surface area (Å²) >= 11 is 0. The Morgan fingerprint density at radius 2 is 1.48 bits per heavy atom. The number of hydrogen-bond acceptors (Lipinski definition) is 7. The minimum Gasteiger partial charge on any atom is -0.491 e. The number of benzene rings is 3.